The molecular formula is C12H18N4O2. The summed E-state index contributed by atoms with van der Waals surface area (Å²) in [6, 6.07) is -0.464. The third kappa shape index (κ3) is 1.90. The van der Waals surface area contributed by atoms with Gasteiger partial charge in [0.15, 0.2) is 0 Å². The van der Waals surface area contributed by atoms with Gasteiger partial charge in [0.2, 0.25) is 0 Å². The number of carboxylic acid groups (broad SMARTS) is 1. The summed E-state index contributed by atoms with van der Waals surface area (Å²) in [7, 11) is 0. The summed E-state index contributed by atoms with van der Waals surface area (Å²) >= 11 is 0. The molecule has 1 unspecified atom stereocenters. The number of aromatic nitrogens is 3. The molecule has 0 radical (unpaired) electrons. The molecular weight excluding hydrogens is 232 g/mol. The van der Waals surface area contributed by atoms with Crippen molar-refractivity contribution < 1.29 is 9.90 Å². The van der Waals surface area contributed by atoms with Gasteiger partial charge in [0.05, 0.1) is 0 Å². The first-order chi connectivity index (χ1) is 8.77. The van der Waals surface area contributed by atoms with Crippen molar-refractivity contribution in [2.75, 3.05) is 13.1 Å². The number of rotatable bonds is 2. The van der Waals surface area contributed by atoms with E-state index in [1.54, 1.807) is 0 Å². The normalized spacial score (nSPS) is 24.8. The summed E-state index contributed by atoms with van der Waals surface area (Å²) in [5.41, 5.74) is 0. The fourth-order valence-electron chi connectivity index (χ4n) is 3.02. The Morgan fingerprint density at radius 1 is 1.28 bits per heavy atom. The molecule has 0 saturated carbocycles. The number of fused-ring (bicyclic) bond motifs is 1. The highest BCUT2D eigenvalue weighted by molar-refractivity contribution is 5.72. The molecule has 3 rings (SSSR count). The van der Waals surface area contributed by atoms with Crippen LogP contribution in [-0.2, 0) is 11.2 Å². The third-order valence-corrected chi connectivity index (χ3v) is 3.97. The van der Waals surface area contributed by atoms with E-state index in [9.17, 15) is 9.90 Å². The van der Waals surface area contributed by atoms with Crippen LogP contribution in [0.4, 0.5) is 0 Å². The number of aryl methyl sites for hydroxylation is 1. The maximum Gasteiger partial charge on any atom is 0.326 e. The van der Waals surface area contributed by atoms with Gasteiger partial charge in [-0.3, -0.25) is 0 Å². The van der Waals surface area contributed by atoms with Crippen molar-refractivity contribution in [3.63, 3.8) is 0 Å². The maximum absolute atomic E-state index is 11.4. The molecule has 1 aromatic heterocycles. The third-order valence-electron chi connectivity index (χ3n) is 3.97. The topological polar surface area (TPSA) is 80.0 Å². The van der Waals surface area contributed by atoms with E-state index in [1.807, 2.05) is 4.57 Å². The van der Waals surface area contributed by atoms with Crippen molar-refractivity contribution in [3.05, 3.63) is 11.6 Å². The first-order valence-corrected chi connectivity index (χ1v) is 6.64. The lowest BCUT2D eigenvalue weighted by Gasteiger charge is -2.27. The second-order valence-electron chi connectivity index (χ2n) is 5.11. The molecule has 98 valence electrons. The monoisotopic (exact) mass is 250 g/mol. The number of nitrogens with one attached hydrogen (secondary N) is 1. The second-order valence-corrected chi connectivity index (χ2v) is 5.11. The first-order valence-electron chi connectivity index (χ1n) is 6.64. The van der Waals surface area contributed by atoms with E-state index < -0.39 is 12.0 Å². The summed E-state index contributed by atoms with van der Waals surface area (Å²) in [6.07, 6.45) is 4.47. The van der Waals surface area contributed by atoms with Gasteiger partial charge in [-0.1, -0.05) is 0 Å². The molecule has 1 fully saturated rings. The van der Waals surface area contributed by atoms with Crippen molar-refractivity contribution in [1.29, 1.82) is 0 Å². The van der Waals surface area contributed by atoms with Gasteiger partial charge in [0.1, 0.15) is 17.7 Å². The average Bonchev–Trinajstić information content (AvgIpc) is 2.83. The minimum atomic E-state index is -0.758. The van der Waals surface area contributed by atoms with E-state index in [0.717, 1.165) is 50.4 Å². The van der Waals surface area contributed by atoms with Crippen LogP contribution >= 0.6 is 0 Å². The van der Waals surface area contributed by atoms with Crippen LogP contribution in [0, 0.1) is 0 Å². The maximum atomic E-state index is 11.4. The molecule has 6 heteroatoms. The highest BCUT2D eigenvalue weighted by atomic mass is 16.4. The molecule has 2 aliphatic rings. The van der Waals surface area contributed by atoms with Crippen molar-refractivity contribution in [2.45, 2.75) is 44.1 Å². The van der Waals surface area contributed by atoms with Crippen LogP contribution in [0.1, 0.15) is 49.3 Å². The molecule has 2 N–H and O–H groups in total. The number of carboxylic acids is 1. The molecule has 3 heterocycles. The van der Waals surface area contributed by atoms with Crippen LogP contribution in [0.3, 0.4) is 0 Å². The van der Waals surface area contributed by atoms with Crippen molar-refractivity contribution in [1.82, 2.24) is 20.1 Å². The van der Waals surface area contributed by atoms with Crippen LogP contribution in [0.25, 0.3) is 0 Å². The van der Waals surface area contributed by atoms with Gasteiger partial charge in [0.25, 0.3) is 0 Å². The lowest BCUT2D eigenvalue weighted by atomic mass is 9.95. The van der Waals surface area contributed by atoms with Crippen LogP contribution in [0.2, 0.25) is 0 Å². The summed E-state index contributed by atoms with van der Waals surface area (Å²) in [5, 5.41) is 21.1. The lowest BCUT2D eigenvalue weighted by Crippen LogP contribution is -2.31. The Balaban J connectivity index is 1.96. The zero-order valence-corrected chi connectivity index (χ0v) is 10.3. The fraction of sp³-hybridized carbons (Fsp3) is 0.750. The Morgan fingerprint density at radius 3 is 2.78 bits per heavy atom. The minimum Gasteiger partial charge on any atom is -0.480 e. The number of aliphatic carboxylic acids is 1. The SMILES string of the molecule is O=C(O)C1CCCc2nnc(C3CCNCC3)n21. The van der Waals surface area contributed by atoms with Crippen LogP contribution in [0.15, 0.2) is 0 Å². The van der Waals surface area contributed by atoms with Crippen molar-refractivity contribution in [2.24, 2.45) is 0 Å². The fourth-order valence-corrected chi connectivity index (χ4v) is 3.02. The summed E-state index contributed by atoms with van der Waals surface area (Å²) in [5.74, 6) is 1.33. The van der Waals surface area contributed by atoms with E-state index in [4.69, 9.17) is 0 Å². The number of piperidine rings is 1. The molecule has 2 aliphatic heterocycles. The van der Waals surface area contributed by atoms with Gasteiger partial charge < -0.3 is 15.0 Å². The van der Waals surface area contributed by atoms with Crippen LogP contribution < -0.4 is 5.32 Å². The van der Waals surface area contributed by atoms with Gasteiger partial charge in [-0.25, -0.2) is 4.79 Å². The van der Waals surface area contributed by atoms with Gasteiger partial charge in [-0.2, -0.15) is 0 Å². The molecule has 1 atom stereocenters. The number of carbonyl (C=O) groups is 1. The molecule has 0 aliphatic carbocycles. The number of nitrogens with zero attached hydrogens (tertiary/aromatic N) is 3. The van der Waals surface area contributed by atoms with Gasteiger partial charge >= 0.3 is 5.97 Å². The Bertz CT molecular complexity index is 451. The zero-order valence-electron chi connectivity index (χ0n) is 10.3. The molecule has 6 nitrogen and oxygen atoms in total. The second kappa shape index (κ2) is 4.68. The van der Waals surface area contributed by atoms with E-state index in [1.165, 1.54) is 0 Å². The standard InChI is InChI=1S/C12H18N4O2/c17-12(18)9-2-1-3-10-14-15-11(16(9)10)8-4-6-13-7-5-8/h8-9,13H,1-7H2,(H,17,18). The molecule has 0 aromatic carbocycles. The Hall–Kier alpha value is -1.43. The molecule has 18 heavy (non-hydrogen) atoms. The van der Waals surface area contributed by atoms with E-state index in [0.29, 0.717) is 12.3 Å². The predicted molar refractivity (Wildman–Crippen MR) is 64.5 cm³/mol. The predicted octanol–water partition coefficient (Wildman–Crippen LogP) is 0.707. The van der Waals surface area contributed by atoms with E-state index in [-0.39, 0.29) is 0 Å². The van der Waals surface area contributed by atoms with Crippen LogP contribution in [0.5, 0.6) is 0 Å². The molecule has 0 amide bonds. The largest absolute Gasteiger partial charge is 0.480 e. The molecule has 1 saturated heterocycles. The smallest absolute Gasteiger partial charge is 0.326 e. The Kier molecular flexibility index (Phi) is 3.03. The lowest BCUT2D eigenvalue weighted by molar-refractivity contribution is -0.141. The summed E-state index contributed by atoms with van der Waals surface area (Å²) in [6.45, 7) is 1.95. The zero-order chi connectivity index (χ0) is 12.5. The van der Waals surface area contributed by atoms with Gasteiger partial charge in [-0.15, -0.1) is 10.2 Å². The van der Waals surface area contributed by atoms with E-state index in [2.05, 4.69) is 15.5 Å². The minimum absolute atomic E-state index is 0.354. The Labute approximate surface area is 105 Å². The first kappa shape index (κ1) is 11.6. The number of hydrogen-bond acceptors (Lipinski definition) is 4. The quantitative estimate of drug-likeness (QED) is 0.808. The van der Waals surface area contributed by atoms with E-state index >= 15 is 0 Å². The van der Waals surface area contributed by atoms with Gasteiger partial charge in [0, 0.05) is 12.3 Å². The van der Waals surface area contributed by atoms with Crippen molar-refractivity contribution >= 4 is 5.97 Å². The Morgan fingerprint density at radius 2 is 2.06 bits per heavy atom. The molecule has 0 bridgehead atoms. The number of hydrogen-bond donors (Lipinski definition) is 2. The average molecular weight is 250 g/mol. The summed E-state index contributed by atoms with van der Waals surface area (Å²) < 4.78 is 1.89. The summed E-state index contributed by atoms with van der Waals surface area (Å²) in [4.78, 5) is 11.4. The highest BCUT2D eigenvalue weighted by Gasteiger charge is 2.32. The molecule has 1 aromatic rings. The van der Waals surface area contributed by atoms with Crippen molar-refractivity contribution in [3.8, 4) is 0 Å². The van der Waals surface area contributed by atoms with Gasteiger partial charge in [-0.05, 0) is 38.8 Å². The van der Waals surface area contributed by atoms with Crippen LogP contribution in [-0.4, -0.2) is 38.9 Å². The molecule has 0 spiro atoms. The highest BCUT2D eigenvalue weighted by Crippen LogP contribution is 2.31.